The van der Waals surface area contributed by atoms with Crippen LogP contribution in [-0.2, 0) is 14.8 Å². The Balaban J connectivity index is 1.74. The fourth-order valence-electron chi connectivity index (χ4n) is 3.71. The van der Waals surface area contributed by atoms with Crippen LogP contribution in [0.3, 0.4) is 0 Å². The third-order valence-electron chi connectivity index (χ3n) is 5.63. The van der Waals surface area contributed by atoms with Crippen LogP contribution in [0.2, 0.25) is 0 Å². The number of nitrogens with one attached hydrogen (secondary N) is 2. The van der Waals surface area contributed by atoms with Gasteiger partial charge < -0.3 is 26.0 Å². The number of carbonyl (C=O) groups is 1. The van der Waals surface area contributed by atoms with Gasteiger partial charge in [-0.25, -0.2) is 22.8 Å². The Kier molecular flexibility index (Phi) is 7.22. The van der Waals surface area contributed by atoms with E-state index in [9.17, 15) is 17.6 Å². The van der Waals surface area contributed by atoms with Crippen molar-refractivity contribution < 1.29 is 22.3 Å². The molecule has 0 aliphatic carbocycles. The van der Waals surface area contributed by atoms with Crippen molar-refractivity contribution in [2.75, 3.05) is 59.4 Å². The molecule has 1 aromatic carbocycles. The molecule has 0 unspecified atom stereocenters. The summed E-state index contributed by atoms with van der Waals surface area (Å²) in [5.74, 6) is -0.925. The number of rotatable bonds is 8. The maximum absolute atomic E-state index is 13.2. The highest BCUT2D eigenvalue weighted by Gasteiger charge is 2.22. The minimum Gasteiger partial charge on any atom is -0.378 e. The van der Waals surface area contributed by atoms with Crippen LogP contribution in [0.25, 0.3) is 0 Å². The lowest BCUT2D eigenvalue weighted by molar-refractivity contribution is 0.100. The second-order valence-electron chi connectivity index (χ2n) is 8.09. The molecule has 4 rings (SSSR count). The fraction of sp³-hybridized carbons (Fsp3) is 0.261. The zero-order chi connectivity index (χ0) is 25.9. The van der Waals surface area contributed by atoms with Crippen molar-refractivity contribution in [3.63, 3.8) is 0 Å². The highest BCUT2D eigenvalue weighted by Crippen LogP contribution is 2.36. The molecule has 0 bridgehead atoms. The lowest BCUT2D eigenvalue weighted by Gasteiger charge is -2.30. The molecule has 0 atom stereocenters. The van der Waals surface area contributed by atoms with Crippen LogP contribution >= 0.6 is 0 Å². The van der Waals surface area contributed by atoms with E-state index in [4.69, 9.17) is 10.5 Å². The van der Waals surface area contributed by atoms with E-state index < -0.39 is 21.7 Å². The van der Waals surface area contributed by atoms with E-state index in [1.54, 1.807) is 18.2 Å². The third-order valence-corrected chi connectivity index (χ3v) is 6.83. The molecule has 11 nitrogen and oxygen atoms in total. The minimum atomic E-state index is -3.60. The molecule has 4 N–H and O–H groups in total. The molecular formula is C23H26FN7O4S. The monoisotopic (exact) mass is 515 g/mol. The van der Waals surface area contributed by atoms with E-state index in [0.29, 0.717) is 43.4 Å². The first-order chi connectivity index (χ1) is 17.1. The average Bonchev–Trinajstić information content (AvgIpc) is 2.85. The molecule has 1 aliphatic rings. The first-order valence-corrected chi connectivity index (χ1v) is 12.8. The molecule has 0 spiro atoms. The van der Waals surface area contributed by atoms with Crippen LogP contribution in [-0.4, -0.2) is 63.9 Å². The number of pyridine rings is 2. The maximum Gasteiger partial charge on any atom is 0.254 e. The molecule has 1 fully saturated rings. The standard InChI is InChI=1S/C23H26FN7O4S/c1-30(36(2,33)34)19-13-16(31-9-11-35-12-10-31)4-5-17(19)28-18-7-8-26-23(21(18)22(25)32)29-20-6-3-15(24)14-27-20/h3-8,13-14H,9-12H2,1-2H3,(H2,25,32)(H2,26,27,28,29). The molecule has 0 radical (unpaired) electrons. The van der Waals surface area contributed by atoms with Crippen LogP contribution in [0.15, 0.2) is 48.8 Å². The van der Waals surface area contributed by atoms with Crippen LogP contribution in [0, 0.1) is 5.82 Å². The van der Waals surface area contributed by atoms with Crippen LogP contribution < -0.4 is 25.6 Å². The number of hydrogen-bond donors (Lipinski definition) is 3. The largest absolute Gasteiger partial charge is 0.378 e. The number of halogens is 1. The maximum atomic E-state index is 13.2. The smallest absolute Gasteiger partial charge is 0.254 e. The number of morpholine rings is 1. The zero-order valence-corrected chi connectivity index (χ0v) is 20.5. The van der Waals surface area contributed by atoms with Crippen molar-refractivity contribution in [1.29, 1.82) is 0 Å². The highest BCUT2D eigenvalue weighted by atomic mass is 32.2. The van der Waals surface area contributed by atoms with Crippen molar-refractivity contribution >= 4 is 50.3 Å². The number of hydrogen-bond acceptors (Lipinski definition) is 9. The van der Waals surface area contributed by atoms with Gasteiger partial charge in [0.25, 0.3) is 5.91 Å². The van der Waals surface area contributed by atoms with Crippen LogP contribution in [0.1, 0.15) is 10.4 Å². The van der Waals surface area contributed by atoms with Gasteiger partial charge in [0.2, 0.25) is 10.0 Å². The summed E-state index contributed by atoms with van der Waals surface area (Å²) in [4.78, 5) is 22.6. The molecule has 13 heteroatoms. The summed E-state index contributed by atoms with van der Waals surface area (Å²) < 4.78 is 44.6. The SMILES string of the molecule is CN(c1cc(N2CCOCC2)ccc1Nc1ccnc(Nc2ccc(F)cn2)c1C(N)=O)S(C)(=O)=O. The molecular weight excluding hydrogens is 489 g/mol. The number of amides is 1. The molecule has 36 heavy (non-hydrogen) atoms. The van der Waals surface area contributed by atoms with Crippen molar-refractivity contribution in [3.05, 3.63) is 60.2 Å². The third kappa shape index (κ3) is 5.63. The Hall–Kier alpha value is -3.97. The number of nitrogens with two attached hydrogens (primary N) is 1. The van der Waals surface area contributed by atoms with E-state index in [1.165, 1.54) is 25.4 Å². The molecule has 190 valence electrons. The molecule has 0 saturated carbocycles. The molecule has 1 saturated heterocycles. The lowest BCUT2D eigenvalue weighted by atomic mass is 10.1. The molecule has 3 heterocycles. The Bertz CT molecular complexity index is 1360. The first-order valence-electron chi connectivity index (χ1n) is 11.0. The Morgan fingerprint density at radius 2 is 1.86 bits per heavy atom. The van der Waals surface area contributed by atoms with Gasteiger partial charge in [-0.15, -0.1) is 0 Å². The molecule has 1 amide bonds. The van der Waals surface area contributed by atoms with E-state index in [1.807, 2.05) is 6.07 Å². The summed E-state index contributed by atoms with van der Waals surface area (Å²) >= 11 is 0. The van der Waals surface area contributed by atoms with Gasteiger partial charge in [-0.2, -0.15) is 0 Å². The second kappa shape index (κ2) is 10.3. The van der Waals surface area contributed by atoms with Gasteiger partial charge in [0.1, 0.15) is 23.0 Å². The van der Waals surface area contributed by atoms with Crippen LogP contribution in [0.5, 0.6) is 0 Å². The van der Waals surface area contributed by atoms with E-state index in [-0.39, 0.29) is 17.2 Å². The summed E-state index contributed by atoms with van der Waals surface area (Å²) in [7, 11) is -2.15. The predicted molar refractivity (Wildman–Crippen MR) is 136 cm³/mol. The van der Waals surface area contributed by atoms with Gasteiger partial charge in [0.05, 0.1) is 42.7 Å². The summed E-state index contributed by atoms with van der Waals surface area (Å²) in [5.41, 5.74) is 7.63. The van der Waals surface area contributed by atoms with E-state index in [2.05, 4.69) is 25.5 Å². The van der Waals surface area contributed by atoms with Crippen LogP contribution in [0.4, 0.5) is 38.8 Å². The number of carbonyl (C=O) groups excluding carboxylic acids is 1. The Morgan fingerprint density at radius 1 is 1.11 bits per heavy atom. The quantitative estimate of drug-likeness (QED) is 0.412. The normalized spacial score (nSPS) is 13.8. The number of sulfonamides is 1. The number of nitrogens with zero attached hydrogens (tertiary/aromatic N) is 4. The van der Waals surface area contributed by atoms with Gasteiger partial charge >= 0.3 is 0 Å². The predicted octanol–water partition coefficient (Wildman–Crippen LogP) is 2.43. The summed E-state index contributed by atoms with van der Waals surface area (Å²) in [6.07, 6.45) is 3.58. The highest BCUT2D eigenvalue weighted by molar-refractivity contribution is 7.92. The summed E-state index contributed by atoms with van der Waals surface area (Å²) in [6.45, 7) is 2.51. The number of primary amides is 1. The number of benzene rings is 1. The Morgan fingerprint density at radius 3 is 2.50 bits per heavy atom. The van der Waals surface area contributed by atoms with E-state index in [0.717, 1.165) is 22.4 Å². The minimum absolute atomic E-state index is 0.0221. The van der Waals surface area contributed by atoms with Crippen molar-refractivity contribution in [1.82, 2.24) is 9.97 Å². The first kappa shape index (κ1) is 25.1. The number of anilines is 6. The molecule has 3 aromatic rings. The average molecular weight is 516 g/mol. The fourth-order valence-corrected chi connectivity index (χ4v) is 4.22. The van der Waals surface area contributed by atoms with E-state index >= 15 is 0 Å². The van der Waals surface area contributed by atoms with Gasteiger partial charge in [-0.05, 0) is 36.4 Å². The molecule has 2 aromatic heterocycles. The van der Waals surface area contributed by atoms with Gasteiger partial charge in [0.15, 0.2) is 0 Å². The molecule has 1 aliphatic heterocycles. The van der Waals surface area contributed by atoms with Gasteiger partial charge in [-0.1, -0.05) is 0 Å². The van der Waals surface area contributed by atoms with Crippen molar-refractivity contribution in [3.8, 4) is 0 Å². The number of ether oxygens (including phenoxy) is 1. The zero-order valence-electron chi connectivity index (χ0n) is 19.7. The van der Waals surface area contributed by atoms with Crippen molar-refractivity contribution in [2.24, 2.45) is 5.73 Å². The van der Waals surface area contributed by atoms with Gasteiger partial charge in [0, 0.05) is 32.0 Å². The van der Waals surface area contributed by atoms with Crippen molar-refractivity contribution in [2.45, 2.75) is 0 Å². The Labute approximate surface area is 208 Å². The topological polar surface area (TPSA) is 143 Å². The lowest BCUT2D eigenvalue weighted by Crippen LogP contribution is -2.36. The van der Waals surface area contributed by atoms with Gasteiger partial charge in [-0.3, -0.25) is 9.10 Å². The number of aromatic nitrogens is 2. The summed E-state index contributed by atoms with van der Waals surface area (Å²) in [6, 6.07) is 9.52. The summed E-state index contributed by atoms with van der Waals surface area (Å²) in [5, 5.41) is 6.00. The second-order valence-corrected chi connectivity index (χ2v) is 10.1.